The third-order valence-corrected chi connectivity index (χ3v) is 4.04. The van der Waals surface area contributed by atoms with Gasteiger partial charge in [-0.05, 0) is 24.3 Å². The molecular weight excluding hydrogens is 282 g/mol. The molecule has 0 aliphatic rings. The Morgan fingerprint density at radius 1 is 1.14 bits per heavy atom. The van der Waals surface area contributed by atoms with Gasteiger partial charge in [-0.1, -0.05) is 20.8 Å². The lowest BCUT2D eigenvalue weighted by Gasteiger charge is -2.17. The molecule has 0 aliphatic heterocycles. The van der Waals surface area contributed by atoms with Gasteiger partial charge < -0.3 is 9.97 Å². The van der Waals surface area contributed by atoms with Crippen LogP contribution in [0.1, 0.15) is 20.8 Å². The fourth-order valence-corrected chi connectivity index (χ4v) is 3.12. The van der Waals surface area contributed by atoms with Crippen molar-refractivity contribution in [1.82, 2.24) is 15.0 Å². The number of fused-ring (bicyclic) bond motifs is 1. The summed E-state index contributed by atoms with van der Waals surface area (Å²) in [5, 5.41) is 0. The van der Waals surface area contributed by atoms with E-state index < -0.39 is 0 Å². The number of nitrogens with one attached hydrogen (secondary N) is 2. The molecule has 3 rings (SSSR count). The molecule has 2 N–H and O–H groups in total. The highest BCUT2D eigenvalue weighted by Gasteiger charge is 2.13. The number of rotatable bonds is 2. The van der Waals surface area contributed by atoms with Gasteiger partial charge in [0.25, 0.3) is 0 Å². The van der Waals surface area contributed by atoms with Crippen LogP contribution in [0.3, 0.4) is 0 Å². The maximum absolute atomic E-state index is 11.1. The molecule has 0 unspecified atom stereocenters. The quantitative estimate of drug-likeness (QED) is 0.707. The van der Waals surface area contributed by atoms with Crippen molar-refractivity contribution in [3.63, 3.8) is 0 Å². The molecule has 3 aromatic rings. The topological polar surface area (TPSA) is 61.5 Å². The molecule has 5 heteroatoms. The van der Waals surface area contributed by atoms with E-state index in [0.29, 0.717) is 0 Å². The van der Waals surface area contributed by atoms with E-state index in [-0.39, 0.29) is 10.3 Å². The lowest BCUT2D eigenvalue weighted by Crippen LogP contribution is -2.06. The Morgan fingerprint density at radius 2 is 1.95 bits per heavy atom. The van der Waals surface area contributed by atoms with E-state index in [1.807, 2.05) is 17.8 Å². The van der Waals surface area contributed by atoms with Crippen LogP contribution in [0.2, 0.25) is 0 Å². The third kappa shape index (κ3) is 3.19. The first-order valence-electron chi connectivity index (χ1n) is 6.79. The first-order chi connectivity index (χ1) is 9.90. The monoisotopic (exact) mass is 299 g/mol. The number of thioether (sulfide) groups is 1. The number of hydrogen-bond donors (Lipinski definition) is 2. The zero-order valence-electron chi connectivity index (χ0n) is 12.2. The summed E-state index contributed by atoms with van der Waals surface area (Å²) in [6.45, 7) is 6.59. The number of aromatic nitrogens is 3. The second-order valence-corrected chi connectivity index (χ2v) is 7.82. The van der Waals surface area contributed by atoms with Crippen LogP contribution in [0, 0.1) is 0 Å². The largest absolute Gasteiger partial charge is 0.338 e. The standard InChI is InChI=1S/C16H17N3OS/c1-16(2,3)21-11-5-6-12-13(8-11)19-15(18-12)10-4-7-14(20)17-9-10/h4-9H,1-3H3,(H,17,20)(H,18,19). The molecule has 0 atom stereocenters. The van der Waals surface area contributed by atoms with Crippen LogP contribution in [-0.4, -0.2) is 19.7 Å². The van der Waals surface area contributed by atoms with E-state index in [2.05, 4.69) is 47.9 Å². The van der Waals surface area contributed by atoms with Gasteiger partial charge in [-0.15, -0.1) is 11.8 Å². The molecule has 0 aliphatic carbocycles. The molecule has 2 aromatic heterocycles. The van der Waals surface area contributed by atoms with Crippen molar-refractivity contribution >= 4 is 22.8 Å². The summed E-state index contributed by atoms with van der Waals surface area (Å²) in [5.74, 6) is 0.763. The Morgan fingerprint density at radius 3 is 2.62 bits per heavy atom. The number of benzene rings is 1. The molecule has 0 saturated carbocycles. The predicted molar refractivity (Wildman–Crippen MR) is 87.8 cm³/mol. The fourth-order valence-electron chi connectivity index (χ4n) is 2.10. The molecule has 2 heterocycles. The van der Waals surface area contributed by atoms with E-state index >= 15 is 0 Å². The van der Waals surface area contributed by atoms with Gasteiger partial charge in [-0.3, -0.25) is 4.79 Å². The van der Waals surface area contributed by atoms with Crippen molar-refractivity contribution in [1.29, 1.82) is 0 Å². The van der Waals surface area contributed by atoms with E-state index in [1.165, 1.54) is 11.0 Å². The van der Waals surface area contributed by atoms with E-state index in [0.717, 1.165) is 22.4 Å². The van der Waals surface area contributed by atoms with Gasteiger partial charge >= 0.3 is 0 Å². The minimum atomic E-state index is -0.112. The number of imidazole rings is 1. The Bertz CT molecular complexity index is 822. The molecule has 21 heavy (non-hydrogen) atoms. The van der Waals surface area contributed by atoms with Gasteiger partial charge in [-0.25, -0.2) is 4.98 Å². The molecule has 0 saturated heterocycles. The minimum absolute atomic E-state index is 0.112. The molecule has 0 bridgehead atoms. The Hall–Kier alpha value is -2.01. The van der Waals surface area contributed by atoms with Crippen molar-refractivity contribution in [2.75, 3.05) is 0 Å². The fraction of sp³-hybridized carbons (Fsp3) is 0.250. The Labute approximate surface area is 127 Å². The maximum Gasteiger partial charge on any atom is 0.247 e. The number of H-pyrrole nitrogens is 2. The zero-order valence-corrected chi connectivity index (χ0v) is 13.0. The summed E-state index contributed by atoms with van der Waals surface area (Å²) in [6.07, 6.45) is 1.67. The highest BCUT2D eigenvalue weighted by molar-refractivity contribution is 8.00. The average Bonchev–Trinajstić information content (AvgIpc) is 2.80. The van der Waals surface area contributed by atoms with Crippen LogP contribution in [0.5, 0.6) is 0 Å². The van der Waals surface area contributed by atoms with Crippen molar-refractivity contribution in [2.24, 2.45) is 0 Å². The summed E-state index contributed by atoms with van der Waals surface area (Å²) >= 11 is 1.83. The van der Waals surface area contributed by atoms with Gasteiger partial charge in [-0.2, -0.15) is 0 Å². The van der Waals surface area contributed by atoms with Gasteiger partial charge in [0, 0.05) is 27.5 Å². The normalized spacial score (nSPS) is 12.0. The van der Waals surface area contributed by atoms with Crippen molar-refractivity contribution in [3.05, 3.63) is 46.9 Å². The van der Waals surface area contributed by atoms with Gasteiger partial charge in [0.1, 0.15) is 5.82 Å². The van der Waals surface area contributed by atoms with Crippen LogP contribution >= 0.6 is 11.8 Å². The van der Waals surface area contributed by atoms with Crippen LogP contribution < -0.4 is 5.56 Å². The second-order valence-electron chi connectivity index (χ2n) is 5.92. The molecule has 1 aromatic carbocycles. The minimum Gasteiger partial charge on any atom is -0.338 e. The first-order valence-corrected chi connectivity index (χ1v) is 7.60. The maximum atomic E-state index is 11.1. The molecule has 0 spiro atoms. The molecule has 0 radical (unpaired) electrons. The summed E-state index contributed by atoms with van der Waals surface area (Å²) in [7, 11) is 0. The SMILES string of the molecule is CC(C)(C)Sc1ccc2nc(-c3ccc(=O)[nH]c3)[nH]c2c1. The summed E-state index contributed by atoms with van der Waals surface area (Å²) in [6, 6.07) is 9.50. The first kappa shape index (κ1) is 13.9. The van der Waals surface area contributed by atoms with E-state index in [4.69, 9.17) is 0 Å². The number of nitrogens with zero attached hydrogens (tertiary/aromatic N) is 1. The van der Waals surface area contributed by atoms with Crippen LogP contribution in [-0.2, 0) is 0 Å². The highest BCUT2D eigenvalue weighted by atomic mass is 32.2. The highest BCUT2D eigenvalue weighted by Crippen LogP contribution is 2.33. The lowest BCUT2D eigenvalue weighted by atomic mass is 10.3. The molecule has 0 fully saturated rings. The molecule has 0 amide bonds. The smallest absolute Gasteiger partial charge is 0.247 e. The average molecular weight is 299 g/mol. The van der Waals surface area contributed by atoms with Crippen molar-refractivity contribution in [3.8, 4) is 11.4 Å². The van der Waals surface area contributed by atoms with Gasteiger partial charge in [0.05, 0.1) is 11.0 Å². The summed E-state index contributed by atoms with van der Waals surface area (Å²) in [4.78, 5) is 22.9. The molecule has 108 valence electrons. The summed E-state index contributed by atoms with van der Waals surface area (Å²) in [5.41, 5.74) is 2.69. The summed E-state index contributed by atoms with van der Waals surface area (Å²) < 4.78 is 0.176. The van der Waals surface area contributed by atoms with Gasteiger partial charge in [0.15, 0.2) is 0 Å². The van der Waals surface area contributed by atoms with Gasteiger partial charge in [0.2, 0.25) is 5.56 Å². The van der Waals surface area contributed by atoms with Crippen LogP contribution in [0.25, 0.3) is 22.4 Å². The number of pyridine rings is 1. The lowest BCUT2D eigenvalue weighted by molar-refractivity contribution is 0.803. The Kier molecular flexibility index (Phi) is 3.37. The predicted octanol–water partition coefficient (Wildman–Crippen LogP) is 3.81. The number of aromatic amines is 2. The van der Waals surface area contributed by atoms with Crippen molar-refractivity contribution < 1.29 is 0 Å². The second kappa shape index (κ2) is 5.07. The van der Waals surface area contributed by atoms with Crippen LogP contribution in [0.15, 0.2) is 46.2 Å². The van der Waals surface area contributed by atoms with E-state index in [9.17, 15) is 4.79 Å². The molecular formula is C16H17N3OS. The van der Waals surface area contributed by atoms with Crippen molar-refractivity contribution in [2.45, 2.75) is 30.4 Å². The van der Waals surface area contributed by atoms with E-state index in [1.54, 1.807) is 12.3 Å². The Balaban J connectivity index is 2.00. The number of hydrogen-bond acceptors (Lipinski definition) is 3. The van der Waals surface area contributed by atoms with Crippen LogP contribution in [0.4, 0.5) is 0 Å². The zero-order chi connectivity index (χ0) is 15.0. The molecule has 4 nitrogen and oxygen atoms in total. The third-order valence-electron chi connectivity index (χ3n) is 2.94.